The molecule has 194 valence electrons. The smallest absolute Gasteiger partial charge is 0.229 e. The van der Waals surface area contributed by atoms with Crippen LogP contribution in [0.3, 0.4) is 0 Å². The topological polar surface area (TPSA) is 88.1 Å². The van der Waals surface area contributed by atoms with Crippen molar-refractivity contribution < 1.29 is 23.0 Å². The first-order valence-corrected chi connectivity index (χ1v) is 13.9. The number of sulfonamides is 1. The van der Waals surface area contributed by atoms with Gasteiger partial charge in [0.1, 0.15) is 24.2 Å². The third kappa shape index (κ3) is 9.19. The Morgan fingerprint density at radius 3 is 2.42 bits per heavy atom. The summed E-state index contributed by atoms with van der Waals surface area (Å²) in [6.07, 6.45) is 1.04. The Morgan fingerprint density at radius 1 is 1.03 bits per heavy atom. The normalized spacial score (nSPS) is 12.4. The number of nitrogens with zero attached hydrogens (tertiary/aromatic N) is 1. The van der Waals surface area contributed by atoms with Gasteiger partial charge < -0.3 is 14.6 Å². The zero-order valence-corrected chi connectivity index (χ0v) is 22.5. The molecule has 3 aromatic rings. The zero-order valence-electron chi connectivity index (χ0n) is 20.2. The standard InChI is InChI=1S/C26H30Cl2N2O5S/c1-34-26-6-4-3-5-20(26)16-30(14-13-19-7-12-24(27)25(28)15-19)17-22(31)18-35-23-10-8-21(9-11-23)29-36(2,32)33/h3-12,15,22,29,31H,13-14,16-18H2,1-2H3/t22-/m0/s1. The van der Waals surface area contributed by atoms with Crippen LogP contribution in [0.4, 0.5) is 5.69 Å². The Hall–Kier alpha value is -2.49. The summed E-state index contributed by atoms with van der Waals surface area (Å²) in [5.74, 6) is 1.31. The lowest BCUT2D eigenvalue weighted by molar-refractivity contribution is 0.0657. The van der Waals surface area contributed by atoms with Gasteiger partial charge in [-0.2, -0.15) is 0 Å². The van der Waals surface area contributed by atoms with Crippen LogP contribution in [-0.2, 0) is 23.0 Å². The second kappa shape index (κ2) is 13.2. The second-order valence-electron chi connectivity index (χ2n) is 8.41. The van der Waals surface area contributed by atoms with E-state index in [9.17, 15) is 13.5 Å². The van der Waals surface area contributed by atoms with Crippen molar-refractivity contribution in [2.24, 2.45) is 0 Å². The number of benzene rings is 3. The van der Waals surface area contributed by atoms with Crippen LogP contribution in [0.5, 0.6) is 11.5 Å². The largest absolute Gasteiger partial charge is 0.496 e. The van der Waals surface area contributed by atoms with Gasteiger partial charge in [0.15, 0.2) is 0 Å². The Morgan fingerprint density at radius 2 is 1.75 bits per heavy atom. The van der Waals surface area contributed by atoms with Crippen molar-refractivity contribution in [3.63, 3.8) is 0 Å². The summed E-state index contributed by atoms with van der Waals surface area (Å²) in [5, 5.41) is 11.8. The van der Waals surface area contributed by atoms with Crippen LogP contribution in [0, 0.1) is 0 Å². The van der Waals surface area contributed by atoms with Gasteiger partial charge in [0.25, 0.3) is 0 Å². The minimum absolute atomic E-state index is 0.0774. The number of hydrogen-bond acceptors (Lipinski definition) is 6. The van der Waals surface area contributed by atoms with E-state index in [-0.39, 0.29) is 6.61 Å². The third-order valence-electron chi connectivity index (χ3n) is 5.36. The molecule has 0 saturated heterocycles. The molecule has 0 aliphatic carbocycles. The third-order valence-corrected chi connectivity index (χ3v) is 6.70. The van der Waals surface area contributed by atoms with Crippen molar-refractivity contribution in [1.82, 2.24) is 4.90 Å². The fraction of sp³-hybridized carbons (Fsp3) is 0.308. The van der Waals surface area contributed by atoms with Crippen LogP contribution < -0.4 is 14.2 Å². The lowest BCUT2D eigenvalue weighted by Crippen LogP contribution is -2.36. The van der Waals surface area contributed by atoms with E-state index in [1.807, 2.05) is 36.4 Å². The van der Waals surface area contributed by atoms with E-state index in [0.717, 1.165) is 23.1 Å². The highest BCUT2D eigenvalue weighted by Crippen LogP contribution is 2.24. The lowest BCUT2D eigenvalue weighted by Gasteiger charge is -2.26. The van der Waals surface area contributed by atoms with Crippen molar-refractivity contribution in [3.05, 3.63) is 87.9 Å². The fourth-order valence-electron chi connectivity index (χ4n) is 3.67. The Bertz CT molecular complexity index is 1240. The second-order valence-corrected chi connectivity index (χ2v) is 11.0. The van der Waals surface area contributed by atoms with E-state index in [1.165, 1.54) is 0 Å². The van der Waals surface area contributed by atoms with Gasteiger partial charge in [0.05, 0.1) is 23.4 Å². The minimum atomic E-state index is -3.35. The van der Waals surface area contributed by atoms with E-state index in [0.29, 0.717) is 47.5 Å². The molecular weight excluding hydrogens is 523 g/mol. The van der Waals surface area contributed by atoms with E-state index in [1.54, 1.807) is 37.4 Å². The molecule has 0 aromatic heterocycles. The van der Waals surface area contributed by atoms with Gasteiger partial charge in [0.2, 0.25) is 10.0 Å². The number of nitrogens with one attached hydrogen (secondary N) is 1. The van der Waals surface area contributed by atoms with E-state index in [2.05, 4.69) is 9.62 Å². The maximum atomic E-state index is 11.3. The summed E-state index contributed by atoms with van der Waals surface area (Å²) in [4.78, 5) is 2.13. The SMILES string of the molecule is COc1ccccc1CN(CCc1ccc(Cl)c(Cl)c1)C[C@H](O)COc1ccc(NS(C)(=O)=O)cc1. The summed E-state index contributed by atoms with van der Waals surface area (Å²) in [6.45, 7) is 1.69. The van der Waals surface area contributed by atoms with Crippen molar-refractivity contribution in [3.8, 4) is 11.5 Å². The number of anilines is 1. The molecule has 0 aliphatic heterocycles. The molecular formula is C26H30Cl2N2O5S. The summed E-state index contributed by atoms with van der Waals surface area (Å²) < 4.78 is 36.3. The first-order chi connectivity index (χ1) is 17.1. The highest BCUT2D eigenvalue weighted by Gasteiger charge is 2.16. The summed E-state index contributed by atoms with van der Waals surface area (Å²) >= 11 is 12.2. The van der Waals surface area contributed by atoms with Crippen LogP contribution in [0.15, 0.2) is 66.7 Å². The van der Waals surface area contributed by atoms with E-state index in [4.69, 9.17) is 32.7 Å². The maximum absolute atomic E-state index is 11.3. The Labute approximate surface area is 222 Å². The van der Waals surface area contributed by atoms with Crippen LogP contribution in [-0.4, -0.2) is 57.6 Å². The summed E-state index contributed by atoms with van der Waals surface area (Å²) in [7, 11) is -1.71. The predicted octanol–water partition coefficient (Wildman–Crippen LogP) is 4.86. The molecule has 3 aromatic carbocycles. The van der Waals surface area contributed by atoms with Gasteiger partial charge in [-0.3, -0.25) is 9.62 Å². The van der Waals surface area contributed by atoms with Crippen LogP contribution >= 0.6 is 23.2 Å². The molecule has 2 N–H and O–H groups in total. The Kier molecular flexibility index (Phi) is 10.3. The number of halogens is 2. The Balaban J connectivity index is 1.63. The summed E-state index contributed by atoms with van der Waals surface area (Å²) in [5.41, 5.74) is 2.50. The van der Waals surface area contributed by atoms with Gasteiger partial charge in [0, 0.05) is 30.9 Å². The van der Waals surface area contributed by atoms with Crippen molar-refractivity contribution in [1.29, 1.82) is 0 Å². The van der Waals surface area contributed by atoms with Crippen LogP contribution in [0.2, 0.25) is 10.0 Å². The fourth-order valence-corrected chi connectivity index (χ4v) is 4.55. The van der Waals surface area contributed by atoms with Gasteiger partial charge in [-0.25, -0.2) is 8.42 Å². The van der Waals surface area contributed by atoms with Gasteiger partial charge in [-0.1, -0.05) is 47.5 Å². The first-order valence-electron chi connectivity index (χ1n) is 11.3. The van der Waals surface area contributed by atoms with Crippen molar-refractivity contribution >= 4 is 38.9 Å². The monoisotopic (exact) mass is 552 g/mol. The van der Waals surface area contributed by atoms with Crippen molar-refractivity contribution in [2.45, 2.75) is 19.1 Å². The summed E-state index contributed by atoms with van der Waals surface area (Å²) in [6, 6.07) is 19.9. The van der Waals surface area contributed by atoms with Gasteiger partial charge >= 0.3 is 0 Å². The molecule has 0 amide bonds. The van der Waals surface area contributed by atoms with Gasteiger partial charge in [-0.05, 0) is 54.4 Å². The molecule has 0 bridgehead atoms. The molecule has 0 saturated carbocycles. The number of aliphatic hydroxyl groups excluding tert-OH is 1. The predicted molar refractivity (Wildman–Crippen MR) is 145 cm³/mol. The quantitative estimate of drug-likeness (QED) is 0.315. The highest BCUT2D eigenvalue weighted by molar-refractivity contribution is 7.92. The number of aliphatic hydroxyl groups is 1. The number of para-hydroxylation sites is 1. The number of methoxy groups -OCH3 is 1. The molecule has 0 fully saturated rings. The van der Waals surface area contributed by atoms with E-state index < -0.39 is 16.1 Å². The highest BCUT2D eigenvalue weighted by atomic mass is 35.5. The maximum Gasteiger partial charge on any atom is 0.229 e. The molecule has 0 radical (unpaired) electrons. The molecule has 0 aliphatic rings. The van der Waals surface area contributed by atoms with Crippen LogP contribution in [0.25, 0.3) is 0 Å². The molecule has 3 rings (SSSR count). The van der Waals surface area contributed by atoms with E-state index >= 15 is 0 Å². The lowest BCUT2D eigenvalue weighted by atomic mass is 10.1. The number of rotatable bonds is 13. The number of ether oxygens (including phenoxy) is 2. The minimum Gasteiger partial charge on any atom is -0.496 e. The number of hydrogen-bond donors (Lipinski definition) is 2. The van der Waals surface area contributed by atoms with Crippen LogP contribution in [0.1, 0.15) is 11.1 Å². The van der Waals surface area contributed by atoms with Gasteiger partial charge in [-0.15, -0.1) is 0 Å². The molecule has 36 heavy (non-hydrogen) atoms. The average Bonchev–Trinajstić information content (AvgIpc) is 2.83. The van der Waals surface area contributed by atoms with Crippen molar-refractivity contribution in [2.75, 3.05) is 37.8 Å². The first kappa shape index (κ1) is 28.1. The molecule has 10 heteroatoms. The molecule has 1 atom stereocenters. The molecule has 0 spiro atoms. The average molecular weight is 554 g/mol. The molecule has 0 heterocycles. The molecule has 0 unspecified atom stereocenters. The zero-order chi connectivity index (χ0) is 26.1. The molecule has 7 nitrogen and oxygen atoms in total.